The molecule has 0 aliphatic heterocycles. The Morgan fingerprint density at radius 3 is 2.71 bits per heavy atom. The number of benzene rings is 1. The molecule has 2 N–H and O–H groups in total. The molecule has 2 rings (SSSR count). The lowest BCUT2D eigenvalue weighted by atomic mass is 10.1. The Hall–Kier alpha value is -1.13. The van der Waals surface area contributed by atoms with E-state index in [9.17, 15) is 10.1 Å². The number of nitrogens with zero attached hydrogens (tertiary/aromatic N) is 1. The van der Waals surface area contributed by atoms with Gasteiger partial charge in [0.25, 0.3) is 5.69 Å². The van der Waals surface area contributed by atoms with E-state index in [1.165, 1.54) is 12.1 Å². The summed E-state index contributed by atoms with van der Waals surface area (Å²) in [5.41, 5.74) is 6.43. The van der Waals surface area contributed by atoms with Crippen LogP contribution in [0.25, 0.3) is 0 Å². The van der Waals surface area contributed by atoms with E-state index >= 15 is 0 Å². The molecule has 1 aliphatic carbocycles. The molecule has 4 nitrogen and oxygen atoms in total. The summed E-state index contributed by atoms with van der Waals surface area (Å²) in [6, 6.07) is 4.64. The maximum atomic E-state index is 10.7. The Balaban J connectivity index is 2.44. The van der Waals surface area contributed by atoms with Crippen LogP contribution >= 0.6 is 11.6 Å². The Kier molecular flexibility index (Phi) is 2.17. The first-order valence-corrected chi connectivity index (χ1v) is 4.67. The van der Waals surface area contributed by atoms with Crippen molar-refractivity contribution < 1.29 is 4.92 Å². The zero-order valence-electron chi connectivity index (χ0n) is 7.31. The molecule has 2 atom stereocenters. The standard InChI is InChI=1S/C9H9ClN2O2/c10-5-1-2-9(12(13)14)7(3-5)6-4-8(6)11/h1-3,6,8H,4,11H2. The maximum Gasteiger partial charge on any atom is 0.273 e. The third-order valence-corrected chi connectivity index (χ3v) is 2.66. The topological polar surface area (TPSA) is 69.2 Å². The minimum Gasteiger partial charge on any atom is -0.327 e. The summed E-state index contributed by atoms with van der Waals surface area (Å²) in [6.07, 6.45) is 0.807. The number of rotatable bonds is 2. The Labute approximate surface area is 85.8 Å². The van der Waals surface area contributed by atoms with Crippen molar-refractivity contribution in [2.24, 2.45) is 5.73 Å². The lowest BCUT2D eigenvalue weighted by molar-refractivity contribution is -0.385. The molecule has 5 heteroatoms. The molecular weight excluding hydrogens is 204 g/mol. The molecule has 14 heavy (non-hydrogen) atoms. The molecule has 0 spiro atoms. The first-order chi connectivity index (χ1) is 6.59. The highest BCUT2D eigenvalue weighted by atomic mass is 35.5. The van der Waals surface area contributed by atoms with Crippen molar-refractivity contribution in [1.82, 2.24) is 0 Å². The lowest BCUT2D eigenvalue weighted by Crippen LogP contribution is -2.03. The van der Waals surface area contributed by atoms with Gasteiger partial charge in [-0.05, 0) is 18.6 Å². The van der Waals surface area contributed by atoms with Crippen LogP contribution in [0.4, 0.5) is 5.69 Å². The van der Waals surface area contributed by atoms with Crippen molar-refractivity contribution in [3.05, 3.63) is 38.9 Å². The van der Waals surface area contributed by atoms with E-state index in [1.807, 2.05) is 0 Å². The fourth-order valence-electron chi connectivity index (χ4n) is 1.56. The Bertz CT molecular complexity index is 394. The highest BCUT2D eigenvalue weighted by molar-refractivity contribution is 6.30. The molecule has 1 aromatic carbocycles. The predicted molar refractivity (Wildman–Crippen MR) is 53.4 cm³/mol. The van der Waals surface area contributed by atoms with Gasteiger partial charge in [0.1, 0.15) is 0 Å². The van der Waals surface area contributed by atoms with Crippen LogP contribution in [0.5, 0.6) is 0 Å². The summed E-state index contributed by atoms with van der Waals surface area (Å²) in [6.45, 7) is 0. The summed E-state index contributed by atoms with van der Waals surface area (Å²) < 4.78 is 0. The number of nitro groups is 1. The van der Waals surface area contributed by atoms with Gasteiger partial charge in [-0.3, -0.25) is 10.1 Å². The molecule has 0 heterocycles. The monoisotopic (exact) mass is 212 g/mol. The van der Waals surface area contributed by atoms with Crippen LogP contribution in [0.3, 0.4) is 0 Å². The van der Waals surface area contributed by atoms with Crippen molar-refractivity contribution in [3.63, 3.8) is 0 Å². The van der Waals surface area contributed by atoms with Crippen molar-refractivity contribution in [2.45, 2.75) is 18.4 Å². The van der Waals surface area contributed by atoms with Crippen LogP contribution in [-0.4, -0.2) is 11.0 Å². The third kappa shape index (κ3) is 1.58. The average Bonchev–Trinajstić information content (AvgIpc) is 2.82. The van der Waals surface area contributed by atoms with Gasteiger partial charge in [0.15, 0.2) is 0 Å². The number of hydrogen-bond donors (Lipinski definition) is 1. The van der Waals surface area contributed by atoms with Crippen molar-refractivity contribution in [2.75, 3.05) is 0 Å². The summed E-state index contributed by atoms with van der Waals surface area (Å²) in [7, 11) is 0. The second-order valence-corrected chi connectivity index (χ2v) is 3.90. The molecule has 0 bridgehead atoms. The molecule has 1 saturated carbocycles. The molecule has 2 unspecified atom stereocenters. The van der Waals surface area contributed by atoms with Crippen LogP contribution in [-0.2, 0) is 0 Å². The first kappa shape index (κ1) is 9.43. The minimum atomic E-state index is -0.392. The molecular formula is C9H9ClN2O2. The van der Waals surface area contributed by atoms with E-state index in [2.05, 4.69) is 0 Å². The van der Waals surface area contributed by atoms with Gasteiger partial charge in [0, 0.05) is 28.6 Å². The highest BCUT2D eigenvalue weighted by Gasteiger charge is 2.39. The van der Waals surface area contributed by atoms with Gasteiger partial charge in [0.2, 0.25) is 0 Å². The first-order valence-electron chi connectivity index (χ1n) is 4.29. The second-order valence-electron chi connectivity index (χ2n) is 3.47. The number of nitrogens with two attached hydrogens (primary N) is 1. The summed E-state index contributed by atoms with van der Waals surface area (Å²) >= 11 is 5.78. The van der Waals surface area contributed by atoms with Gasteiger partial charge in [-0.1, -0.05) is 11.6 Å². The average molecular weight is 213 g/mol. The summed E-state index contributed by atoms with van der Waals surface area (Å²) in [4.78, 5) is 10.3. The molecule has 0 saturated heterocycles. The van der Waals surface area contributed by atoms with Gasteiger partial charge in [-0.25, -0.2) is 0 Å². The normalized spacial score (nSPS) is 24.7. The third-order valence-electron chi connectivity index (χ3n) is 2.43. The van der Waals surface area contributed by atoms with Gasteiger partial charge in [-0.2, -0.15) is 0 Å². The molecule has 0 aromatic heterocycles. The van der Waals surface area contributed by atoms with Gasteiger partial charge in [0.05, 0.1) is 4.92 Å². The van der Waals surface area contributed by atoms with E-state index in [0.717, 1.165) is 6.42 Å². The van der Waals surface area contributed by atoms with Gasteiger partial charge in [-0.15, -0.1) is 0 Å². The lowest BCUT2D eigenvalue weighted by Gasteiger charge is -2.01. The van der Waals surface area contributed by atoms with E-state index in [-0.39, 0.29) is 17.6 Å². The van der Waals surface area contributed by atoms with Crippen molar-refractivity contribution in [3.8, 4) is 0 Å². The molecule has 0 amide bonds. The minimum absolute atomic E-state index is 0.0483. The van der Waals surface area contributed by atoms with Crippen molar-refractivity contribution >= 4 is 17.3 Å². The quantitative estimate of drug-likeness (QED) is 0.603. The largest absolute Gasteiger partial charge is 0.327 e. The number of hydrogen-bond acceptors (Lipinski definition) is 3. The Morgan fingerprint density at radius 2 is 2.21 bits per heavy atom. The fourth-order valence-corrected chi connectivity index (χ4v) is 1.74. The predicted octanol–water partition coefficient (Wildman–Crippen LogP) is 2.06. The van der Waals surface area contributed by atoms with Crippen LogP contribution in [0.15, 0.2) is 18.2 Å². The zero-order valence-corrected chi connectivity index (χ0v) is 8.07. The fraction of sp³-hybridized carbons (Fsp3) is 0.333. The zero-order chi connectivity index (χ0) is 10.3. The summed E-state index contributed by atoms with van der Waals surface area (Å²) in [5.74, 6) is 0.106. The van der Waals surface area contributed by atoms with Crippen LogP contribution < -0.4 is 5.73 Å². The van der Waals surface area contributed by atoms with Crippen LogP contribution in [0.2, 0.25) is 5.02 Å². The molecule has 1 fully saturated rings. The van der Waals surface area contributed by atoms with E-state index in [4.69, 9.17) is 17.3 Å². The van der Waals surface area contributed by atoms with Crippen molar-refractivity contribution in [1.29, 1.82) is 0 Å². The highest BCUT2D eigenvalue weighted by Crippen LogP contribution is 2.43. The summed E-state index contributed by atoms with van der Waals surface area (Å²) in [5, 5.41) is 11.2. The van der Waals surface area contributed by atoms with Crippen LogP contribution in [0, 0.1) is 10.1 Å². The van der Waals surface area contributed by atoms with E-state index in [0.29, 0.717) is 10.6 Å². The number of nitro benzene ring substituents is 1. The molecule has 1 aromatic rings. The smallest absolute Gasteiger partial charge is 0.273 e. The molecule has 0 radical (unpaired) electrons. The van der Waals surface area contributed by atoms with E-state index in [1.54, 1.807) is 6.07 Å². The van der Waals surface area contributed by atoms with E-state index < -0.39 is 4.92 Å². The SMILES string of the molecule is NC1CC1c1cc(Cl)ccc1[N+](=O)[O-]. The van der Waals surface area contributed by atoms with Gasteiger partial charge < -0.3 is 5.73 Å². The van der Waals surface area contributed by atoms with Crippen LogP contribution in [0.1, 0.15) is 17.9 Å². The number of halogens is 1. The second kappa shape index (κ2) is 3.22. The maximum absolute atomic E-state index is 10.7. The van der Waals surface area contributed by atoms with Gasteiger partial charge >= 0.3 is 0 Å². The molecule has 1 aliphatic rings. The molecule has 74 valence electrons. The Morgan fingerprint density at radius 1 is 1.57 bits per heavy atom.